The second-order valence-electron chi connectivity index (χ2n) is 9.22. The Morgan fingerprint density at radius 2 is 1.77 bits per heavy atom. The number of benzene rings is 2. The van der Waals surface area contributed by atoms with Crippen LogP contribution in [0.4, 0.5) is 11.5 Å². The van der Waals surface area contributed by atoms with Crippen molar-refractivity contribution < 1.29 is 9.59 Å². The van der Waals surface area contributed by atoms with Gasteiger partial charge < -0.3 is 15.5 Å². The zero-order chi connectivity index (χ0) is 24.8. The van der Waals surface area contributed by atoms with Crippen LogP contribution in [0, 0.1) is 19.8 Å². The SMILES string of the molecule is CCC(=O)Nc1c(C)nn(-c2ccccc2)c1N1CCC(C(=O)NCCc2cccc(C)c2)CC1. The number of carbonyl (C=O) groups excluding carboxylic acids is 2. The lowest BCUT2D eigenvalue weighted by Gasteiger charge is -2.33. The lowest BCUT2D eigenvalue weighted by molar-refractivity contribution is -0.125. The number of nitrogens with one attached hydrogen (secondary N) is 2. The van der Waals surface area contributed by atoms with Crippen molar-refractivity contribution in [2.45, 2.75) is 46.5 Å². The molecule has 2 aromatic carbocycles. The molecule has 3 aromatic rings. The number of aromatic nitrogens is 2. The van der Waals surface area contributed by atoms with Crippen LogP contribution in [0.3, 0.4) is 0 Å². The zero-order valence-corrected chi connectivity index (χ0v) is 20.9. The molecule has 0 unspecified atom stereocenters. The highest BCUT2D eigenvalue weighted by Gasteiger charge is 2.29. The van der Waals surface area contributed by atoms with Gasteiger partial charge in [-0.25, -0.2) is 4.68 Å². The third kappa shape index (κ3) is 5.91. The minimum absolute atomic E-state index is 0.00774. The molecule has 1 aliphatic rings. The number of para-hydroxylation sites is 1. The second-order valence-corrected chi connectivity index (χ2v) is 9.22. The average molecular weight is 474 g/mol. The Kier molecular flexibility index (Phi) is 7.85. The smallest absolute Gasteiger partial charge is 0.224 e. The van der Waals surface area contributed by atoms with E-state index in [1.54, 1.807) is 0 Å². The fourth-order valence-electron chi connectivity index (χ4n) is 4.63. The summed E-state index contributed by atoms with van der Waals surface area (Å²) in [5, 5.41) is 10.9. The number of nitrogens with zero attached hydrogens (tertiary/aromatic N) is 3. The highest BCUT2D eigenvalue weighted by atomic mass is 16.2. The molecule has 2 N–H and O–H groups in total. The number of piperidine rings is 1. The van der Waals surface area contributed by atoms with Crippen LogP contribution in [0.25, 0.3) is 5.69 Å². The molecule has 0 spiro atoms. The van der Waals surface area contributed by atoms with E-state index in [0.717, 1.165) is 55.2 Å². The molecule has 0 bridgehead atoms. The number of anilines is 2. The van der Waals surface area contributed by atoms with Gasteiger partial charge in [-0.1, -0.05) is 55.0 Å². The summed E-state index contributed by atoms with van der Waals surface area (Å²) >= 11 is 0. The van der Waals surface area contributed by atoms with E-state index in [9.17, 15) is 9.59 Å². The zero-order valence-electron chi connectivity index (χ0n) is 20.9. The summed E-state index contributed by atoms with van der Waals surface area (Å²) in [6, 6.07) is 18.4. The molecule has 0 radical (unpaired) electrons. The Balaban J connectivity index is 1.43. The normalized spacial score (nSPS) is 14.1. The highest BCUT2D eigenvalue weighted by molar-refractivity contribution is 5.94. The number of rotatable bonds is 8. The number of amides is 2. The van der Waals surface area contributed by atoms with Gasteiger partial charge in [0.15, 0.2) is 5.82 Å². The molecule has 0 saturated carbocycles. The van der Waals surface area contributed by atoms with Crippen molar-refractivity contribution >= 4 is 23.3 Å². The summed E-state index contributed by atoms with van der Waals surface area (Å²) in [5.41, 5.74) is 4.95. The van der Waals surface area contributed by atoms with E-state index in [0.29, 0.717) is 13.0 Å². The summed E-state index contributed by atoms with van der Waals surface area (Å²) < 4.78 is 1.91. The molecule has 4 rings (SSSR count). The fourth-order valence-corrected chi connectivity index (χ4v) is 4.63. The van der Waals surface area contributed by atoms with Crippen molar-refractivity contribution in [1.82, 2.24) is 15.1 Å². The monoisotopic (exact) mass is 473 g/mol. The highest BCUT2D eigenvalue weighted by Crippen LogP contribution is 2.35. The van der Waals surface area contributed by atoms with Crippen LogP contribution < -0.4 is 15.5 Å². The van der Waals surface area contributed by atoms with Gasteiger partial charge in [-0.05, 0) is 50.8 Å². The number of hydrogen-bond donors (Lipinski definition) is 2. The molecular formula is C28H35N5O2. The molecule has 1 fully saturated rings. The number of hydrogen-bond acceptors (Lipinski definition) is 4. The lowest BCUT2D eigenvalue weighted by atomic mass is 9.95. The van der Waals surface area contributed by atoms with Gasteiger partial charge in [-0.2, -0.15) is 5.10 Å². The van der Waals surface area contributed by atoms with E-state index in [1.165, 1.54) is 11.1 Å². The Hall–Kier alpha value is -3.61. The molecule has 2 amide bonds. The summed E-state index contributed by atoms with van der Waals surface area (Å²) in [6.45, 7) is 7.94. The lowest BCUT2D eigenvalue weighted by Crippen LogP contribution is -2.42. The van der Waals surface area contributed by atoms with Crippen LogP contribution in [-0.4, -0.2) is 41.2 Å². The molecule has 0 atom stereocenters. The quantitative estimate of drug-likeness (QED) is 0.508. The molecule has 1 aromatic heterocycles. The first kappa shape index (κ1) is 24.5. The maximum atomic E-state index is 12.8. The largest absolute Gasteiger partial charge is 0.356 e. The van der Waals surface area contributed by atoms with Crippen LogP contribution in [0.15, 0.2) is 54.6 Å². The molecule has 0 aliphatic carbocycles. The van der Waals surface area contributed by atoms with Crippen molar-refractivity contribution in [3.05, 3.63) is 71.4 Å². The van der Waals surface area contributed by atoms with Crippen molar-refractivity contribution in [1.29, 1.82) is 0 Å². The second kappa shape index (κ2) is 11.2. The van der Waals surface area contributed by atoms with Gasteiger partial charge in [0.1, 0.15) is 5.69 Å². The third-order valence-corrected chi connectivity index (χ3v) is 6.58. The maximum Gasteiger partial charge on any atom is 0.224 e. The minimum atomic E-state index is -0.0372. The van der Waals surface area contributed by atoms with Crippen LogP contribution in [-0.2, 0) is 16.0 Å². The first-order valence-corrected chi connectivity index (χ1v) is 12.5. The van der Waals surface area contributed by atoms with E-state index in [2.05, 4.69) is 46.7 Å². The van der Waals surface area contributed by atoms with Gasteiger partial charge in [0.05, 0.1) is 11.4 Å². The van der Waals surface area contributed by atoms with Gasteiger partial charge in [0.2, 0.25) is 11.8 Å². The summed E-state index contributed by atoms with van der Waals surface area (Å²) in [7, 11) is 0. The first-order valence-electron chi connectivity index (χ1n) is 12.5. The molecule has 184 valence electrons. The molecule has 2 heterocycles. The standard InChI is InChI=1S/C28H35N5O2/c1-4-25(34)30-26-21(3)31-33(24-11-6-5-7-12-24)28(26)32-17-14-23(15-18-32)27(35)29-16-13-22-10-8-9-20(2)19-22/h5-12,19,23H,4,13-18H2,1-3H3,(H,29,35)(H,30,34). The van der Waals surface area contributed by atoms with Crippen LogP contribution >= 0.6 is 0 Å². The van der Waals surface area contributed by atoms with Gasteiger partial charge in [-0.3, -0.25) is 9.59 Å². The van der Waals surface area contributed by atoms with Gasteiger partial charge >= 0.3 is 0 Å². The predicted octanol–water partition coefficient (Wildman–Crippen LogP) is 4.41. The fraction of sp³-hybridized carbons (Fsp3) is 0.393. The third-order valence-electron chi connectivity index (χ3n) is 6.58. The van der Waals surface area contributed by atoms with Gasteiger partial charge in [0.25, 0.3) is 0 Å². The molecule has 7 nitrogen and oxygen atoms in total. The van der Waals surface area contributed by atoms with E-state index in [1.807, 2.05) is 48.9 Å². The topological polar surface area (TPSA) is 79.3 Å². The molecule has 35 heavy (non-hydrogen) atoms. The van der Waals surface area contributed by atoms with Crippen LogP contribution in [0.2, 0.25) is 0 Å². The predicted molar refractivity (Wildman–Crippen MR) is 140 cm³/mol. The van der Waals surface area contributed by atoms with Crippen molar-refractivity contribution in [2.75, 3.05) is 29.9 Å². The Morgan fingerprint density at radius 3 is 2.46 bits per heavy atom. The maximum absolute atomic E-state index is 12.8. The summed E-state index contributed by atoms with van der Waals surface area (Å²) in [5.74, 6) is 0.967. The Bertz CT molecular complexity index is 1160. The van der Waals surface area contributed by atoms with Crippen molar-refractivity contribution in [3.63, 3.8) is 0 Å². The van der Waals surface area contributed by atoms with Gasteiger partial charge in [-0.15, -0.1) is 0 Å². The molecular weight excluding hydrogens is 438 g/mol. The van der Waals surface area contributed by atoms with E-state index in [4.69, 9.17) is 5.10 Å². The molecule has 7 heteroatoms. The van der Waals surface area contributed by atoms with E-state index < -0.39 is 0 Å². The summed E-state index contributed by atoms with van der Waals surface area (Å²) in [6.07, 6.45) is 2.76. The minimum Gasteiger partial charge on any atom is -0.356 e. The Morgan fingerprint density at radius 1 is 1.03 bits per heavy atom. The van der Waals surface area contributed by atoms with Crippen LogP contribution in [0.1, 0.15) is 43.0 Å². The number of carbonyl (C=O) groups is 2. The van der Waals surface area contributed by atoms with E-state index in [-0.39, 0.29) is 17.7 Å². The van der Waals surface area contributed by atoms with Gasteiger partial charge in [0, 0.05) is 32.0 Å². The molecule has 1 aliphatic heterocycles. The number of aryl methyl sites for hydroxylation is 2. The first-order chi connectivity index (χ1) is 17.0. The summed E-state index contributed by atoms with van der Waals surface area (Å²) in [4.78, 5) is 27.3. The van der Waals surface area contributed by atoms with E-state index >= 15 is 0 Å². The van der Waals surface area contributed by atoms with Crippen molar-refractivity contribution in [3.8, 4) is 5.69 Å². The van der Waals surface area contributed by atoms with Crippen molar-refractivity contribution in [2.24, 2.45) is 5.92 Å². The average Bonchev–Trinajstić information content (AvgIpc) is 3.20. The van der Waals surface area contributed by atoms with Crippen LogP contribution in [0.5, 0.6) is 0 Å². The Labute approximate surface area is 207 Å². The molecule has 1 saturated heterocycles.